The van der Waals surface area contributed by atoms with Crippen LogP contribution in [0.2, 0.25) is 0 Å². The summed E-state index contributed by atoms with van der Waals surface area (Å²) in [6, 6.07) is -3.04. The average molecular weight is 474 g/mol. The van der Waals surface area contributed by atoms with E-state index in [9.17, 15) is 33.1 Å². The van der Waals surface area contributed by atoms with E-state index in [1.54, 1.807) is 20.8 Å². The number of amides is 3. The zero-order valence-electron chi connectivity index (χ0n) is 20.0. The molecule has 1 heterocycles. The van der Waals surface area contributed by atoms with Gasteiger partial charge in [0.2, 0.25) is 17.7 Å². The van der Waals surface area contributed by atoms with Crippen molar-refractivity contribution in [2.75, 3.05) is 6.54 Å². The van der Waals surface area contributed by atoms with Crippen LogP contribution in [0, 0.1) is 10.8 Å². The first kappa shape index (κ1) is 27.0. The Morgan fingerprint density at radius 3 is 2.21 bits per heavy atom. The van der Waals surface area contributed by atoms with Gasteiger partial charge in [-0.3, -0.25) is 9.59 Å². The molecule has 0 unspecified atom stereocenters. The highest BCUT2D eigenvalue weighted by molar-refractivity contribution is 5.93. The molecule has 3 atom stereocenters. The van der Waals surface area contributed by atoms with Gasteiger partial charge in [-0.1, -0.05) is 40.0 Å². The quantitative estimate of drug-likeness (QED) is 0.468. The second kappa shape index (κ2) is 10.3. The van der Waals surface area contributed by atoms with Gasteiger partial charge in [0.1, 0.15) is 18.4 Å². The number of nitrogens with zero attached hydrogens (tertiary/aromatic N) is 1. The Hall–Kier alpha value is -2.26. The number of halogens is 2. The van der Waals surface area contributed by atoms with Crippen molar-refractivity contribution < 1.29 is 33.1 Å². The number of alkyl halides is 2. The van der Waals surface area contributed by atoms with E-state index in [-0.39, 0.29) is 11.8 Å². The number of nitrogens with one attached hydrogen (secondary N) is 2. The largest absolute Gasteiger partial charge is 0.465 e. The lowest BCUT2D eigenvalue weighted by molar-refractivity contribution is -0.142. The lowest BCUT2D eigenvalue weighted by Crippen LogP contribution is -2.58. The fourth-order valence-electron chi connectivity index (χ4n) is 4.99. The van der Waals surface area contributed by atoms with Gasteiger partial charge in [0, 0.05) is 13.0 Å². The summed E-state index contributed by atoms with van der Waals surface area (Å²) < 4.78 is 26.5. The van der Waals surface area contributed by atoms with Crippen LogP contribution in [0.3, 0.4) is 0 Å². The van der Waals surface area contributed by atoms with Crippen molar-refractivity contribution in [2.24, 2.45) is 10.8 Å². The molecule has 188 valence electrons. The minimum Gasteiger partial charge on any atom is -0.465 e. The van der Waals surface area contributed by atoms with Gasteiger partial charge in [0.05, 0.1) is 6.04 Å². The van der Waals surface area contributed by atoms with Gasteiger partial charge in [-0.05, 0) is 43.4 Å². The third kappa shape index (κ3) is 7.37. The molecule has 1 saturated heterocycles. The van der Waals surface area contributed by atoms with Gasteiger partial charge in [-0.25, -0.2) is 13.6 Å². The third-order valence-corrected chi connectivity index (χ3v) is 6.78. The SMILES string of the molecule is CC(F)(F)CC[C@@H](C=O)NC(=O)[C@@H]1CC2(CCCCC2)CN1C(=O)[C@@H](NC(=O)O)C(C)(C)C. The maximum Gasteiger partial charge on any atom is 0.405 e. The van der Waals surface area contributed by atoms with Gasteiger partial charge in [-0.2, -0.15) is 0 Å². The molecule has 0 radical (unpaired) electrons. The highest BCUT2D eigenvalue weighted by Crippen LogP contribution is 2.47. The summed E-state index contributed by atoms with van der Waals surface area (Å²) in [7, 11) is 0. The molecular formula is C23H37F2N3O5. The Bertz CT molecular complexity index is 741. The summed E-state index contributed by atoms with van der Waals surface area (Å²) in [5.41, 5.74) is -0.981. The van der Waals surface area contributed by atoms with Crippen LogP contribution in [0.1, 0.15) is 79.1 Å². The molecule has 8 nitrogen and oxygen atoms in total. The minimum atomic E-state index is -2.96. The summed E-state index contributed by atoms with van der Waals surface area (Å²) in [6.45, 7) is 6.29. The van der Waals surface area contributed by atoms with Crippen molar-refractivity contribution in [2.45, 2.75) is 103 Å². The van der Waals surface area contributed by atoms with Crippen LogP contribution in [0.5, 0.6) is 0 Å². The van der Waals surface area contributed by atoms with E-state index in [0.29, 0.717) is 19.3 Å². The standard InChI is InChI=1S/C23H37F2N3O5/c1-21(2,3)17(27-20(32)33)19(31)28-14-23(9-6-5-7-10-23)12-16(28)18(30)26-15(13-29)8-11-22(4,24)25/h13,15-17,27H,5-12,14H2,1-4H3,(H,26,30)(H,32,33)/t15-,16-,17+/m0/s1. The topological polar surface area (TPSA) is 116 Å². The maximum absolute atomic E-state index is 13.5. The molecule has 1 aliphatic heterocycles. The predicted octanol–water partition coefficient (Wildman–Crippen LogP) is 3.34. The molecule has 2 fully saturated rings. The molecule has 2 rings (SSSR count). The van der Waals surface area contributed by atoms with E-state index in [0.717, 1.165) is 39.0 Å². The minimum absolute atomic E-state index is 0.213. The number of carbonyl (C=O) groups is 4. The summed E-state index contributed by atoms with van der Waals surface area (Å²) in [5, 5.41) is 14.1. The Morgan fingerprint density at radius 1 is 1.12 bits per heavy atom. The Balaban J connectivity index is 2.27. The molecule has 1 saturated carbocycles. The lowest BCUT2D eigenvalue weighted by Gasteiger charge is -2.36. The van der Waals surface area contributed by atoms with Crippen LogP contribution in [-0.4, -0.2) is 64.8 Å². The fraction of sp³-hybridized carbons (Fsp3) is 0.826. The monoisotopic (exact) mass is 473 g/mol. The molecule has 2 aliphatic rings. The molecule has 3 amide bonds. The molecule has 3 N–H and O–H groups in total. The Kier molecular flexibility index (Phi) is 8.46. The number of hydrogen-bond donors (Lipinski definition) is 3. The van der Waals surface area contributed by atoms with Crippen LogP contribution in [-0.2, 0) is 14.4 Å². The lowest BCUT2D eigenvalue weighted by atomic mass is 9.72. The number of rotatable bonds is 8. The number of carbonyl (C=O) groups excluding carboxylic acids is 3. The van der Waals surface area contributed by atoms with Crippen molar-refractivity contribution in [1.29, 1.82) is 0 Å². The van der Waals surface area contributed by atoms with Crippen molar-refractivity contribution in [3.63, 3.8) is 0 Å². The summed E-state index contributed by atoms with van der Waals surface area (Å²) in [5.74, 6) is -4.02. The van der Waals surface area contributed by atoms with Crippen LogP contribution in [0.25, 0.3) is 0 Å². The highest BCUT2D eigenvalue weighted by atomic mass is 19.3. The molecule has 1 aliphatic carbocycles. The zero-order chi connectivity index (χ0) is 25.0. The van der Waals surface area contributed by atoms with E-state index in [1.165, 1.54) is 4.90 Å². The Morgan fingerprint density at radius 2 is 1.73 bits per heavy atom. The zero-order valence-corrected chi connectivity index (χ0v) is 20.0. The third-order valence-electron chi connectivity index (χ3n) is 6.78. The molecular weight excluding hydrogens is 436 g/mol. The van der Waals surface area contributed by atoms with Crippen molar-refractivity contribution >= 4 is 24.2 Å². The van der Waals surface area contributed by atoms with Crippen molar-refractivity contribution in [3.8, 4) is 0 Å². The molecule has 0 aromatic heterocycles. The first-order chi connectivity index (χ1) is 15.2. The first-order valence-electron chi connectivity index (χ1n) is 11.6. The Labute approximate surface area is 193 Å². The normalized spacial score (nSPS) is 22.5. The van der Waals surface area contributed by atoms with E-state index in [4.69, 9.17) is 0 Å². The number of aldehydes is 1. The number of carboxylic acid groups (broad SMARTS) is 1. The van der Waals surface area contributed by atoms with E-state index in [1.807, 2.05) is 0 Å². The van der Waals surface area contributed by atoms with Crippen LogP contribution in [0.15, 0.2) is 0 Å². The second-order valence-corrected chi connectivity index (χ2v) is 10.9. The summed E-state index contributed by atoms with van der Waals surface area (Å²) in [4.78, 5) is 50.9. The van der Waals surface area contributed by atoms with Gasteiger partial charge in [0.25, 0.3) is 0 Å². The van der Waals surface area contributed by atoms with E-state index >= 15 is 0 Å². The van der Waals surface area contributed by atoms with Gasteiger partial charge in [-0.15, -0.1) is 0 Å². The number of hydrogen-bond acceptors (Lipinski definition) is 4. The van der Waals surface area contributed by atoms with Crippen molar-refractivity contribution in [1.82, 2.24) is 15.5 Å². The molecule has 0 aromatic carbocycles. The molecule has 0 aromatic rings. The number of likely N-dealkylation sites (tertiary alicyclic amines) is 1. The van der Waals surface area contributed by atoms with Crippen LogP contribution < -0.4 is 10.6 Å². The van der Waals surface area contributed by atoms with E-state index in [2.05, 4.69) is 10.6 Å². The molecule has 0 bridgehead atoms. The van der Waals surface area contributed by atoms with Crippen LogP contribution in [0.4, 0.5) is 13.6 Å². The van der Waals surface area contributed by atoms with Gasteiger partial charge >= 0.3 is 6.09 Å². The van der Waals surface area contributed by atoms with Gasteiger partial charge in [0.15, 0.2) is 0 Å². The van der Waals surface area contributed by atoms with Gasteiger partial charge < -0.3 is 25.4 Å². The first-order valence-corrected chi connectivity index (χ1v) is 11.6. The van der Waals surface area contributed by atoms with E-state index < -0.39 is 53.8 Å². The smallest absolute Gasteiger partial charge is 0.405 e. The predicted molar refractivity (Wildman–Crippen MR) is 118 cm³/mol. The second-order valence-electron chi connectivity index (χ2n) is 10.9. The highest BCUT2D eigenvalue weighted by Gasteiger charge is 2.51. The maximum atomic E-state index is 13.5. The molecule has 10 heteroatoms. The summed E-state index contributed by atoms with van der Waals surface area (Å²) >= 11 is 0. The fourth-order valence-corrected chi connectivity index (χ4v) is 4.99. The molecule has 1 spiro atoms. The van der Waals surface area contributed by atoms with Crippen molar-refractivity contribution in [3.05, 3.63) is 0 Å². The van der Waals surface area contributed by atoms with Crippen LogP contribution >= 0.6 is 0 Å². The average Bonchev–Trinajstić information content (AvgIpc) is 3.06. The summed E-state index contributed by atoms with van der Waals surface area (Å²) in [6.07, 6.45) is 3.49. The molecule has 33 heavy (non-hydrogen) atoms.